The molecule has 1 aliphatic rings. The van der Waals surface area contributed by atoms with Crippen LogP contribution in [-0.4, -0.2) is 55.5 Å². The first-order valence-electron chi connectivity index (χ1n) is 5.02. The molecule has 1 fully saturated rings. The van der Waals surface area contributed by atoms with Crippen molar-refractivity contribution in [3.8, 4) is 0 Å². The molecule has 0 aliphatic carbocycles. The Kier molecular flexibility index (Phi) is 4.57. The minimum absolute atomic E-state index is 0.284. The van der Waals surface area contributed by atoms with Crippen LogP contribution in [0.4, 0.5) is 0 Å². The number of carbonyl (C=O) groups excluding carboxylic acids is 1. The number of nitrogens with one attached hydrogen (secondary N) is 1. The smallest absolute Gasteiger partial charge is 0.222 e. The van der Waals surface area contributed by atoms with Gasteiger partial charge in [0.2, 0.25) is 5.91 Å². The van der Waals surface area contributed by atoms with E-state index in [0.717, 1.165) is 0 Å². The molecule has 0 aromatic carbocycles. The fourth-order valence-electron chi connectivity index (χ4n) is 1.35. The summed E-state index contributed by atoms with van der Waals surface area (Å²) < 4.78 is 0. The molecule has 1 unspecified atom stereocenters. The van der Waals surface area contributed by atoms with Gasteiger partial charge in [-0.25, -0.2) is 0 Å². The third-order valence-corrected chi connectivity index (χ3v) is 3.56. The Bertz CT molecular complexity index is 262. The summed E-state index contributed by atoms with van der Waals surface area (Å²) in [6.45, 7) is 3.35. The highest BCUT2D eigenvalue weighted by Crippen LogP contribution is 2.29. The lowest BCUT2D eigenvalue weighted by Crippen LogP contribution is -2.60. The number of aliphatic hydroxyl groups is 4. The van der Waals surface area contributed by atoms with Gasteiger partial charge in [0.15, 0.2) is 0 Å². The number of hydrogen-bond donors (Lipinski definition) is 5. The molecule has 1 heterocycles. The van der Waals surface area contributed by atoms with Crippen LogP contribution in [0.15, 0.2) is 0 Å². The van der Waals surface area contributed by atoms with Crippen molar-refractivity contribution in [2.75, 3.05) is 0 Å². The van der Waals surface area contributed by atoms with E-state index in [1.54, 1.807) is 13.8 Å². The van der Waals surface area contributed by atoms with Crippen LogP contribution in [0.25, 0.3) is 0 Å². The van der Waals surface area contributed by atoms with E-state index in [-0.39, 0.29) is 11.8 Å². The molecular formula is C9H17NO5S. The van der Waals surface area contributed by atoms with Gasteiger partial charge in [-0.05, 0) is 0 Å². The summed E-state index contributed by atoms with van der Waals surface area (Å²) in [7, 11) is 0. The first-order valence-corrected chi connectivity index (χ1v) is 5.97. The van der Waals surface area contributed by atoms with Crippen molar-refractivity contribution >= 4 is 17.7 Å². The number of rotatable bonds is 2. The lowest BCUT2D eigenvalue weighted by molar-refractivity contribution is -0.128. The normalized spacial score (nSPS) is 39.8. The summed E-state index contributed by atoms with van der Waals surface area (Å²) in [5, 5.41) is 40.3. The van der Waals surface area contributed by atoms with E-state index < -0.39 is 29.1 Å². The largest absolute Gasteiger partial charge is 0.388 e. The van der Waals surface area contributed by atoms with Gasteiger partial charge in [-0.2, -0.15) is 0 Å². The molecule has 1 rings (SSSR count). The summed E-state index contributed by atoms with van der Waals surface area (Å²) in [4.78, 5) is 11.4. The maximum Gasteiger partial charge on any atom is 0.222 e. The summed E-state index contributed by atoms with van der Waals surface area (Å²) >= 11 is 0.701. The first kappa shape index (κ1) is 13.7. The number of hydrogen-bond acceptors (Lipinski definition) is 6. The van der Waals surface area contributed by atoms with E-state index in [4.69, 9.17) is 0 Å². The average molecular weight is 251 g/mol. The van der Waals surface area contributed by atoms with E-state index in [9.17, 15) is 25.2 Å². The lowest BCUT2D eigenvalue weighted by Gasteiger charge is -2.38. The highest BCUT2D eigenvalue weighted by molar-refractivity contribution is 8.00. The maximum absolute atomic E-state index is 11.4. The molecule has 7 heteroatoms. The topological polar surface area (TPSA) is 110 Å². The van der Waals surface area contributed by atoms with Crippen LogP contribution in [0.5, 0.6) is 0 Å². The molecule has 5 N–H and O–H groups in total. The molecule has 0 aromatic heterocycles. The molecule has 1 aliphatic heterocycles. The molecule has 0 aromatic rings. The Hall–Kier alpha value is -0.340. The zero-order valence-corrected chi connectivity index (χ0v) is 9.89. The Morgan fingerprint density at radius 2 is 1.69 bits per heavy atom. The van der Waals surface area contributed by atoms with Gasteiger partial charge in [0.1, 0.15) is 23.1 Å². The monoisotopic (exact) mass is 251 g/mol. The SMILES string of the molecule is CC(C)C(=O)N[C@H]1C(O)S[C@H](O)[C@@H](O)[C@@H]1O. The van der Waals surface area contributed by atoms with Gasteiger partial charge in [0.25, 0.3) is 0 Å². The van der Waals surface area contributed by atoms with Crippen molar-refractivity contribution < 1.29 is 25.2 Å². The van der Waals surface area contributed by atoms with Gasteiger partial charge in [0, 0.05) is 5.92 Å². The van der Waals surface area contributed by atoms with E-state index >= 15 is 0 Å². The number of thioether (sulfide) groups is 1. The van der Waals surface area contributed by atoms with Gasteiger partial charge >= 0.3 is 0 Å². The molecule has 94 valence electrons. The standard InChI is InChI=1S/C9H17NO5S/c1-3(2)7(13)10-4-5(11)6(12)9(15)16-8(4)14/h3-6,8-9,11-12,14-15H,1-2H3,(H,10,13)/t4-,5-,6+,8?,9+/m1/s1. The molecule has 0 radical (unpaired) electrons. The predicted octanol–water partition coefficient (Wildman–Crippen LogP) is -1.77. The van der Waals surface area contributed by atoms with Crippen molar-refractivity contribution in [2.45, 2.75) is 43.0 Å². The zero-order chi connectivity index (χ0) is 12.5. The molecular weight excluding hydrogens is 234 g/mol. The minimum atomic E-state index is -1.38. The molecule has 6 nitrogen and oxygen atoms in total. The molecule has 1 saturated heterocycles. The number of amides is 1. The van der Waals surface area contributed by atoms with E-state index in [1.165, 1.54) is 0 Å². The van der Waals surface area contributed by atoms with Crippen molar-refractivity contribution in [1.82, 2.24) is 5.32 Å². The van der Waals surface area contributed by atoms with E-state index in [1.807, 2.05) is 0 Å². The Balaban J connectivity index is 2.67. The summed E-state index contributed by atoms with van der Waals surface area (Å²) in [5.41, 5.74) is -2.40. The lowest BCUT2D eigenvalue weighted by atomic mass is 10.0. The van der Waals surface area contributed by atoms with E-state index in [0.29, 0.717) is 11.8 Å². The third kappa shape index (κ3) is 2.86. The molecule has 5 atom stereocenters. The van der Waals surface area contributed by atoms with Crippen LogP contribution >= 0.6 is 11.8 Å². The number of carbonyl (C=O) groups is 1. The first-order chi connectivity index (χ1) is 7.34. The Morgan fingerprint density at radius 1 is 1.12 bits per heavy atom. The van der Waals surface area contributed by atoms with Gasteiger partial charge in [-0.15, -0.1) is 0 Å². The van der Waals surface area contributed by atoms with Crippen LogP contribution in [0.2, 0.25) is 0 Å². The van der Waals surface area contributed by atoms with Gasteiger partial charge in [-0.1, -0.05) is 25.6 Å². The summed E-state index contributed by atoms with van der Waals surface area (Å²) in [6.07, 6.45) is -2.76. The fraction of sp³-hybridized carbons (Fsp3) is 0.889. The molecule has 0 bridgehead atoms. The summed E-state index contributed by atoms with van der Waals surface area (Å²) in [5.74, 6) is -0.610. The van der Waals surface area contributed by atoms with Gasteiger partial charge < -0.3 is 25.7 Å². The zero-order valence-electron chi connectivity index (χ0n) is 9.07. The van der Waals surface area contributed by atoms with Gasteiger partial charge in [0.05, 0.1) is 6.04 Å². The van der Waals surface area contributed by atoms with Crippen molar-refractivity contribution in [1.29, 1.82) is 0 Å². The van der Waals surface area contributed by atoms with Crippen LogP contribution in [0.1, 0.15) is 13.8 Å². The van der Waals surface area contributed by atoms with Crippen LogP contribution in [0.3, 0.4) is 0 Å². The third-order valence-electron chi connectivity index (χ3n) is 2.43. The van der Waals surface area contributed by atoms with Crippen molar-refractivity contribution in [2.24, 2.45) is 5.92 Å². The van der Waals surface area contributed by atoms with Gasteiger partial charge in [-0.3, -0.25) is 4.79 Å². The average Bonchev–Trinajstić information content (AvgIpc) is 2.20. The molecule has 1 amide bonds. The van der Waals surface area contributed by atoms with E-state index in [2.05, 4.69) is 5.32 Å². The Labute approximate surface area is 97.7 Å². The molecule has 0 spiro atoms. The Morgan fingerprint density at radius 3 is 2.19 bits per heavy atom. The predicted molar refractivity (Wildman–Crippen MR) is 58.4 cm³/mol. The fourth-order valence-corrected chi connectivity index (χ4v) is 2.35. The van der Waals surface area contributed by atoms with Crippen molar-refractivity contribution in [3.63, 3.8) is 0 Å². The van der Waals surface area contributed by atoms with Crippen LogP contribution in [-0.2, 0) is 4.79 Å². The highest BCUT2D eigenvalue weighted by atomic mass is 32.2. The summed E-state index contributed by atoms with van der Waals surface area (Å²) in [6, 6.07) is -0.974. The van der Waals surface area contributed by atoms with Crippen molar-refractivity contribution in [3.05, 3.63) is 0 Å². The van der Waals surface area contributed by atoms with Crippen LogP contribution < -0.4 is 5.32 Å². The second kappa shape index (κ2) is 5.33. The number of aliphatic hydroxyl groups excluding tert-OH is 4. The minimum Gasteiger partial charge on any atom is -0.388 e. The molecule has 16 heavy (non-hydrogen) atoms. The maximum atomic E-state index is 11.4. The van der Waals surface area contributed by atoms with Crippen LogP contribution in [0, 0.1) is 5.92 Å². The second-order valence-electron chi connectivity index (χ2n) is 4.09. The quantitative estimate of drug-likeness (QED) is 0.397. The molecule has 0 saturated carbocycles. The second-order valence-corrected chi connectivity index (χ2v) is 5.33. The highest BCUT2D eigenvalue weighted by Gasteiger charge is 2.43.